The van der Waals surface area contributed by atoms with Gasteiger partial charge in [0.25, 0.3) is 11.5 Å². The van der Waals surface area contributed by atoms with Gasteiger partial charge < -0.3 is 19.3 Å². The van der Waals surface area contributed by atoms with Crippen molar-refractivity contribution in [3.8, 4) is 0 Å². The van der Waals surface area contributed by atoms with E-state index >= 15 is 0 Å². The van der Waals surface area contributed by atoms with E-state index in [-0.39, 0.29) is 22.9 Å². The number of aromatic nitrogens is 1. The van der Waals surface area contributed by atoms with Crippen LogP contribution in [0.3, 0.4) is 0 Å². The number of rotatable bonds is 5. The molecule has 32 heavy (non-hydrogen) atoms. The van der Waals surface area contributed by atoms with Gasteiger partial charge in [-0.05, 0) is 43.6 Å². The lowest BCUT2D eigenvalue weighted by Crippen LogP contribution is -2.44. The van der Waals surface area contributed by atoms with E-state index in [1.54, 1.807) is 9.47 Å². The Bertz CT molecular complexity index is 1090. The molecular weight excluding hydrogens is 404 g/mol. The van der Waals surface area contributed by atoms with E-state index in [0.717, 1.165) is 23.1 Å². The Labute approximate surface area is 188 Å². The van der Waals surface area contributed by atoms with Crippen molar-refractivity contribution in [2.75, 3.05) is 40.3 Å². The molecule has 7 nitrogen and oxygen atoms in total. The number of pyridine rings is 1. The van der Waals surface area contributed by atoms with Gasteiger partial charge in [0.15, 0.2) is 0 Å². The number of hydrogen-bond donors (Lipinski definition) is 0. The van der Waals surface area contributed by atoms with Crippen LogP contribution in [-0.2, 0) is 24.3 Å². The molecule has 0 aliphatic carbocycles. The molecule has 1 aromatic carbocycles. The number of carbonyl (C=O) groups excluding carboxylic acids is 2. The van der Waals surface area contributed by atoms with E-state index in [2.05, 4.69) is 6.08 Å². The second kappa shape index (κ2) is 9.53. The summed E-state index contributed by atoms with van der Waals surface area (Å²) in [5, 5.41) is 0. The van der Waals surface area contributed by atoms with Gasteiger partial charge in [0, 0.05) is 32.4 Å². The van der Waals surface area contributed by atoms with Crippen LogP contribution in [0.5, 0.6) is 0 Å². The second-order valence-electron chi connectivity index (χ2n) is 8.74. The molecule has 0 saturated heterocycles. The van der Waals surface area contributed by atoms with Crippen LogP contribution in [0.2, 0.25) is 0 Å². The first-order chi connectivity index (χ1) is 15.4. The molecule has 0 N–H and O–H groups in total. The Morgan fingerprint density at radius 2 is 1.81 bits per heavy atom. The first-order valence-corrected chi connectivity index (χ1v) is 11.1. The third-order valence-electron chi connectivity index (χ3n) is 6.03. The number of fused-ring (bicyclic) bond motifs is 1. The second-order valence-corrected chi connectivity index (χ2v) is 8.74. The molecule has 3 heterocycles. The van der Waals surface area contributed by atoms with Crippen LogP contribution in [0.4, 0.5) is 0 Å². The largest absolute Gasteiger partial charge is 0.337 e. The summed E-state index contributed by atoms with van der Waals surface area (Å²) in [5.41, 5.74) is 2.70. The van der Waals surface area contributed by atoms with Crippen molar-refractivity contribution < 1.29 is 9.59 Å². The lowest BCUT2D eigenvalue weighted by molar-refractivity contribution is -0.132. The SMILES string of the molecule is CN(C)CC(=O)N1CCc2c(cn(Cc3ccccc3)c(=O)c2C(=O)N2CC=CCC2)C1. The molecule has 2 amide bonds. The van der Waals surface area contributed by atoms with Gasteiger partial charge in [0.2, 0.25) is 5.91 Å². The highest BCUT2D eigenvalue weighted by molar-refractivity contribution is 5.96. The van der Waals surface area contributed by atoms with Gasteiger partial charge in [-0.3, -0.25) is 14.4 Å². The van der Waals surface area contributed by atoms with Crippen LogP contribution in [-0.4, -0.2) is 71.4 Å². The van der Waals surface area contributed by atoms with Gasteiger partial charge in [-0.25, -0.2) is 0 Å². The number of carbonyl (C=O) groups is 2. The zero-order valence-corrected chi connectivity index (χ0v) is 18.8. The van der Waals surface area contributed by atoms with E-state index in [9.17, 15) is 14.4 Å². The third kappa shape index (κ3) is 4.67. The molecule has 0 atom stereocenters. The van der Waals surface area contributed by atoms with Crippen LogP contribution in [0.1, 0.15) is 33.5 Å². The van der Waals surface area contributed by atoms with Crippen molar-refractivity contribution in [2.45, 2.75) is 25.9 Å². The fourth-order valence-electron chi connectivity index (χ4n) is 4.40. The number of nitrogens with zero attached hydrogens (tertiary/aromatic N) is 4. The Morgan fingerprint density at radius 3 is 2.50 bits per heavy atom. The Morgan fingerprint density at radius 1 is 1.03 bits per heavy atom. The minimum atomic E-state index is -0.250. The van der Waals surface area contributed by atoms with Gasteiger partial charge in [-0.15, -0.1) is 0 Å². The molecular formula is C25H30N4O3. The average molecular weight is 435 g/mol. The van der Waals surface area contributed by atoms with Crippen molar-refractivity contribution in [1.82, 2.24) is 19.3 Å². The predicted octanol–water partition coefficient (Wildman–Crippen LogP) is 1.74. The summed E-state index contributed by atoms with van der Waals surface area (Å²) in [6, 6.07) is 9.75. The minimum Gasteiger partial charge on any atom is -0.337 e. The van der Waals surface area contributed by atoms with E-state index in [0.29, 0.717) is 45.7 Å². The molecule has 2 aliphatic heterocycles. The molecule has 7 heteroatoms. The van der Waals surface area contributed by atoms with Crippen molar-refractivity contribution in [1.29, 1.82) is 0 Å². The number of benzene rings is 1. The summed E-state index contributed by atoms with van der Waals surface area (Å²) < 4.78 is 1.63. The topological polar surface area (TPSA) is 65.9 Å². The average Bonchev–Trinajstić information content (AvgIpc) is 2.80. The normalized spacial score (nSPS) is 15.7. The van der Waals surface area contributed by atoms with Crippen molar-refractivity contribution in [3.05, 3.63) is 81.3 Å². The molecule has 0 fully saturated rings. The molecule has 4 rings (SSSR count). The van der Waals surface area contributed by atoms with Gasteiger partial charge in [-0.2, -0.15) is 0 Å². The molecule has 0 spiro atoms. The summed E-state index contributed by atoms with van der Waals surface area (Å²) in [7, 11) is 3.74. The molecule has 0 bridgehead atoms. The van der Waals surface area contributed by atoms with E-state index < -0.39 is 0 Å². The zero-order valence-electron chi connectivity index (χ0n) is 18.8. The zero-order chi connectivity index (χ0) is 22.7. The monoisotopic (exact) mass is 434 g/mol. The highest BCUT2D eigenvalue weighted by Crippen LogP contribution is 2.23. The summed E-state index contributed by atoms with van der Waals surface area (Å²) >= 11 is 0. The molecule has 2 aromatic rings. The van der Waals surface area contributed by atoms with Crippen molar-refractivity contribution in [3.63, 3.8) is 0 Å². The molecule has 0 saturated carbocycles. The lowest BCUT2D eigenvalue weighted by Gasteiger charge is -2.32. The third-order valence-corrected chi connectivity index (χ3v) is 6.03. The van der Waals surface area contributed by atoms with E-state index in [1.807, 2.05) is 66.5 Å². The van der Waals surface area contributed by atoms with Crippen molar-refractivity contribution in [2.24, 2.45) is 0 Å². The highest BCUT2D eigenvalue weighted by Gasteiger charge is 2.30. The van der Waals surface area contributed by atoms with Gasteiger partial charge in [-0.1, -0.05) is 42.5 Å². The number of amides is 2. The van der Waals surface area contributed by atoms with E-state index in [4.69, 9.17) is 0 Å². The summed E-state index contributed by atoms with van der Waals surface area (Å²) in [6.45, 7) is 2.79. The highest BCUT2D eigenvalue weighted by atomic mass is 16.2. The maximum Gasteiger partial charge on any atom is 0.264 e. The number of likely N-dealkylation sites (N-methyl/N-ethyl adjacent to an activating group) is 1. The minimum absolute atomic E-state index is 0.0514. The van der Waals surface area contributed by atoms with Crippen LogP contribution in [0.25, 0.3) is 0 Å². The van der Waals surface area contributed by atoms with E-state index in [1.165, 1.54) is 0 Å². The smallest absolute Gasteiger partial charge is 0.264 e. The van der Waals surface area contributed by atoms with Crippen LogP contribution in [0, 0.1) is 0 Å². The number of hydrogen-bond acceptors (Lipinski definition) is 4. The molecule has 168 valence electrons. The van der Waals surface area contributed by atoms with Gasteiger partial charge in [0.05, 0.1) is 13.1 Å². The molecule has 1 aromatic heterocycles. The Balaban J connectivity index is 1.74. The molecule has 0 radical (unpaired) electrons. The first-order valence-electron chi connectivity index (χ1n) is 11.1. The predicted molar refractivity (Wildman–Crippen MR) is 124 cm³/mol. The molecule has 0 unspecified atom stereocenters. The Kier molecular flexibility index (Phi) is 6.55. The molecule has 2 aliphatic rings. The quantitative estimate of drug-likeness (QED) is 0.673. The van der Waals surface area contributed by atoms with Crippen LogP contribution < -0.4 is 5.56 Å². The standard InChI is InChI=1S/C25H30N4O3/c1-26(2)18-22(30)28-14-11-21-20(16-28)17-29(15-19-9-5-3-6-10-19)25(32)23(21)24(31)27-12-7-4-8-13-27/h3-7,9-10,17H,8,11-16,18H2,1-2H3. The fraction of sp³-hybridized carbons (Fsp3) is 0.400. The summed E-state index contributed by atoms with van der Waals surface area (Å²) in [6.07, 6.45) is 7.19. The summed E-state index contributed by atoms with van der Waals surface area (Å²) in [5.74, 6) is -0.151. The Hall–Kier alpha value is -3.19. The maximum absolute atomic E-state index is 13.5. The van der Waals surface area contributed by atoms with Crippen LogP contribution >= 0.6 is 0 Å². The van der Waals surface area contributed by atoms with Crippen molar-refractivity contribution >= 4 is 11.8 Å². The maximum atomic E-state index is 13.5. The van der Waals surface area contributed by atoms with Gasteiger partial charge >= 0.3 is 0 Å². The summed E-state index contributed by atoms with van der Waals surface area (Å²) in [4.78, 5) is 45.0. The lowest BCUT2D eigenvalue weighted by atomic mass is 9.95. The first kappa shape index (κ1) is 22.0. The van der Waals surface area contributed by atoms with Crippen LogP contribution in [0.15, 0.2) is 53.5 Å². The fourth-order valence-corrected chi connectivity index (χ4v) is 4.40. The van der Waals surface area contributed by atoms with Gasteiger partial charge in [0.1, 0.15) is 5.56 Å².